The fraction of sp³-hybridized carbons (Fsp3) is 0.917. The van der Waals surface area contributed by atoms with Gasteiger partial charge in [0.1, 0.15) is 0 Å². The van der Waals surface area contributed by atoms with Crippen molar-refractivity contribution in [3.63, 3.8) is 0 Å². The van der Waals surface area contributed by atoms with Gasteiger partial charge in [0, 0.05) is 0 Å². The summed E-state index contributed by atoms with van der Waals surface area (Å²) in [4.78, 5) is 11.7. The highest BCUT2D eigenvalue weighted by atomic mass is 31.2. The van der Waals surface area contributed by atoms with Crippen molar-refractivity contribution >= 4 is 13.6 Å². The second-order valence-electron chi connectivity index (χ2n) is 4.49. The van der Waals surface area contributed by atoms with Crippen LogP contribution in [0.3, 0.4) is 0 Å². The topological polar surface area (TPSA) is 82.1 Å². The highest BCUT2D eigenvalue weighted by Crippen LogP contribution is 2.50. The lowest BCUT2D eigenvalue weighted by molar-refractivity contribution is -0.149. The SMILES string of the molecule is CCOP(=O)(C[C@H](C(=O)OC)[C@@H](O)C(C)C)OCC. The molecule has 0 radical (unpaired) electrons. The number of hydrogen-bond donors (Lipinski definition) is 1. The third kappa shape index (κ3) is 6.04. The Morgan fingerprint density at radius 3 is 2.00 bits per heavy atom. The van der Waals surface area contributed by atoms with Crippen molar-refractivity contribution in [3.8, 4) is 0 Å². The Labute approximate surface area is 115 Å². The summed E-state index contributed by atoms with van der Waals surface area (Å²) in [5, 5.41) is 10.1. The van der Waals surface area contributed by atoms with Crippen molar-refractivity contribution in [1.29, 1.82) is 0 Å². The summed E-state index contributed by atoms with van der Waals surface area (Å²) in [6.45, 7) is 7.35. The van der Waals surface area contributed by atoms with Gasteiger partial charge in [0.05, 0.1) is 38.5 Å². The van der Waals surface area contributed by atoms with Crippen LogP contribution in [0.5, 0.6) is 0 Å². The van der Waals surface area contributed by atoms with Crippen LogP contribution in [0.25, 0.3) is 0 Å². The minimum Gasteiger partial charge on any atom is -0.469 e. The third-order valence-electron chi connectivity index (χ3n) is 2.67. The zero-order valence-electron chi connectivity index (χ0n) is 12.3. The van der Waals surface area contributed by atoms with Crippen LogP contribution in [0.4, 0.5) is 0 Å². The predicted octanol–water partition coefficient (Wildman–Crippen LogP) is 2.06. The predicted molar refractivity (Wildman–Crippen MR) is 72.1 cm³/mol. The van der Waals surface area contributed by atoms with E-state index in [1.807, 2.05) is 0 Å². The average molecular weight is 296 g/mol. The minimum atomic E-state index is -3.40. The van der Waals surface area contributed by atoms with Crippen LogP contribution < -0.4 is 0 Å². The van der Waals surface area contributed by atoms with E-state index in [1.165, 1.54) is 7.11 Å². The molecule has 0 spiro atoms. The number of esters is 1. The van der Waals surface area contributed by atoms with Crippen LogP contribution in [0.1, 0.15) is 27.7 Å². The van der Waals surface area contributed by atoms with E-state index in [0.717, 1.165) is 0 Å². The molecule has 2 atom stereocenters. The quantitative estimate of drug-likeness (QED) is 0.518. The van der Waals surface area contributed by atoms with Gasteiger partial charge in [0.25, 0.3) is 0 Å². The van der Waals surface area contributed by atoms with Crippen molar-refractivity contribution < 1.29 is 28.3 Å². The number of ether oxygens (including phenoxy) is 1. The summed E-state index contributed by atoms with van der Waals surface area (Å²) in [7, 11) is -2.17. The standard InChI is InChI=1S/C12H25O6P/c1-6-17-19(15,18-7-2)8-10(12(14)16-5)11(13)9(3)4/h9-11,13H,6-8H2,1-5H3/t10-,11-/m0/s1. The van der Waals surface area contributed by atoms with Gasteiger partial charge in [-0.3, -0.25) is 9.36 Å². The number of carbonyl (C=O) groups excluding carboxylic acids is 1. The number of carbonyl (C=O) groups is 1. The molecule has 0 fully saturated rings. The van der Waals surface area contributed by atoms with Crippen LogP contribution >= 0.6 is 7.60 Å². The van der Waals surface area contributed by atoms with Crippen molar-refractivity contribution in [2.45, 2.75) is 33.8 Å². The average Bonchev–Trinajstić information content (AvgIpc) is 2.34. The lowest BCUT2D eigenvalue weighted by atomic mass is 9.95. The van der Waals surface area contributed by atoms with E-state index in [0.29, 0.717) is 0 Å². The molecule has 0 aliphatic carbocycles. The fourth-order valence-corrected chi connectivity index (χ4v) is 3.63. The molecule has 0 aromatic rings. The summed E-state index contributed by atoms with van der Waals surface area (Å²) in [5.41, 5.74) is 0. The molecule has 114 valence electrons. The first-order chi connectivity index (χ1) is 8.81. The summed E-state index contributed by atoms with van der Waals surface area (Å²) < 4.78 is 27.3. The van der Waals surface area contributed by atoms with Crippen molar-refractivity contribution in [1.82, 2.24) is 0 Å². The number of aliphatic hydroxyl groups excluding tert-OH is 1. The van der Waals surface area contributed by atoms with Crippen LogP contribution in [-0.4, -0.2) is 43.7 Å². The minimum absolute atomic E-state index is 0.166. The monoisotopic (exact) mass is 296 g/mol. The molecule has 0 saturated carbocycles. The number of methoxy groups -OCH3 is 1. The molecule has 1 N–H and O–H groups in total. The summed E-state index contributed by atoms with van der Waals surface area (Å²) in [5.74, 6) is -1.70. The van der Waals surface area contributed by atoms with Gasteiger partial charge in [-0.2, -0.15) is 0 Å². The number of hydrogen-bond acceptors (Lipinski definition) is 6. The Hall–Kier alpha value is -0.420. The van der Waals surface area contributed by atoms with Gasteiger partial charge in [-0.1, -0.05) is 13.8 Å². The first-order valence-corrected chi connectivity index (χ1v) is 8.18. The van der Waals surface area contributed by atoms with Gasteiger partial charge in [0.15, 0.2) is 0 Å². The Morgan fingerprint density at radius 2 is 1.68 bits per heavy atom. The van der Waals surface area contributed by atoms with Crippen LogP contribution in [0.15, 0.2) is 0 Å². The molecular weight excluding hydrogens is 271 g/mol. The third-order valence-corrected chi connectivity index (χ3v) is 4.81. The van der Waals surface area contributed by atoms with E-state index in [2.05, 4.69) is 4.74 Å². The molecular formula is C12H25O6P. The van der Waals surface area contributed by atoms with Crippen LogP contribution in [-0.2, 0) is 23.1 Å². The molecule has 0 saturated heterocycles. The van der Waals surface area contributed by atoms with E-state index < -0.39 is 25.6 Å². The lowest BCUT2D eigenvalue weighted by Crippen LogP contribution is -2.36. The van der Waals surface area contributed by atoms with Crippen molar-refractivity contribution in [2.75, 3.05) is 26.5 Å². The molecule has 7 heteroatoms. The summed E-state index contributed by atoms with van der Waals surface area (Å²) in [6.07, 6.45) is -1.14. The Kier molecular flexibility index (Phi) is 8.50. The number of rotatable bonds is 9. The second-order valence-corrected chi connectivity index (χ2v) is 6.60. The maximum Gasteiger partial charge on any atom is 0.331 e. The maximum atomic E-state index is 12.4. The Balaban J connectivity index is 5.06. The molecule has 0 aromatic carbocycles. The first-order valence-electron chi connectivity index (χ1n) is 6.45. The second kappa shape index (κ2) is 8.69. The van der Waals surface area contributed by atoms with Gasteiger partial charge >= 0.3 is 13.6 Å². The van der Waals surface area contributed by atoms with Gasteiger partial charge in [-0.25, -0.2) is 0 Å². The highest BCUT2D eigenvalue weighted by Gasteiger charge is 2.38. The first kappa shape index (κ1) is 18.6. The van der Waals surface area contributed by atoms with Gasteiger partial charge in [-0.15, -0.1) is 0 Å². The molecule has 6 nitrogen and oxygen atoms in total. The molecule has 0 unspecified atom stereocenters. The maximum absolute atomic E-state index is 12.4. The van der Waals surface area contributed by atoms with Crippen LogP contribution in [0.2, 0.25) is 0 Å². The van der Waals surface area contributed by atoms with Crippen molar-refractivity contribution in [2.24, 2.45) is 11.8 Å². The molecule has 0 aromatic heterocycles. The van der Waals surface area contributed by atoms with E-state index in [1.54, 1.807) is 27.7 Å². The molecule has 0 aliphatic heterocycles. The largest absolute Gasteiger partial charge is 0.469 e. The smallest absolute Gasteiger partial charge is 0.331 e. The molecule has 0 amide bonds. The van der Waals surface area contributed by atoms with Gasteiger partial charge < -0.3 is 18.9 Å². The van der Waals surface area contributed by atoms with E-state index >= 15 is 0 Å². The summed E-state index contributed by atoms with van der Waals surface area (Å²) in [6, 6.07) is 0. The van der Waals surface area contributed by atoms with Gasteiger partial charge in [0.2, 0.25) is 0 Å². The molecule has 0 heterocycles. The van der Waals surface area contributed by atoms with Crippen molar-refractivity contribution in [3.05, 3.63) is 0 Å². The number of aliphatic hydroxyl groups is 1. The normalized spacial score (nSPS) is 15.3. The van der Waals surface area contributed by atoms with E-state index in [-0.39, 0.29) is 25.3 Å². The molecule has 0 rings (SSSR count). The lowest BCUT2D eigenvalue weighted by Gasteiger charge is -2.26. The molecule has 19 heavy (non-hydrogen) atoms. The fourth-order valence-electron chi connectivity index (χ4n) is 1.71. The zero-order chi connectivity index (χ0) is 15.1. The van der Waals surface area contributed by atoms with E-state index in [4.69, 9.17) is 9.05 Å². The van der Waals surface area contributed by atoms with E-state index in [9.17, 15) is 14.5 Å². The zero-order valence-corrected chi connectivity index (χ0v) is 13.2. The highest BCUT2D eigenvalue weighted by molar-refractivity contribution is 7.53. The Morgan fingerprint density at radius 1 is 1.21 bits per heavy atom. The Bertz CT molecular complexity index is 307. The summed E-state index contributed by atoms with van der Waals surface area (Å²) >= 11 is 0. The molecule has 0 bridgehead atoms. The van der Waals surface area contributed by atoms with Crippen LogP contribution in [0, 0.1) is 11.8 Å². The molecule has 0 aliphatic rings. The van der Waals surface area contributed by atoms with Gasteiger partial charge in [-0.05, 0) is 19.8 Å².